The zero-order chi connectivity index (χ0) is 15.6. The second-order valence-corrected chi connectivity index (χ2v) is 6.11. The molecule has 3 aromatic rings. The van der Waals surface area contributed by atoms with E-state index in [4.69, 9.17) is 4.42 Å². The van der Waals surface area contributed by atoms with Gasteiger partial charge in [-0.2, -0.15) is 0 Å². The third kappa shape index (κ3) is 2.86. The minimum Gasteiger partial charge on any atom is -0.439 e. The number of aromatic nitrogens is 4. The number of hydrogen-bond donors (Lipinski definition) is 1. The minimum atomic E-state index is 0.605. The Morgan fingerprint density at radius 1 is 1.30 bits per heavy atom. The van der Waals surface area contributed by atoms with E-state index in [0.717, 1.165) is 61.0 Å². The molecule has 2 aromatic heterocycles. The molecular weight excluding hydrogens is 290 g/mol. The summed E-state index contributed by atoms with van der Waals surface area (Å²) in [6.07, 6.45) is 3.11. The van der Waals surface area contributed by atoms with Crippen molar-refractivity contribution in [1.82, 2.24) is 25.1 Å². The van der Waals surface area contributed by atoms with Crippen LogP contribution in [0.2, 0.25) is 0 Å². The molecule has 4 rings (SSSR count). The van der Waals surface area contributed by atoms with Crippen LogP contribution in [0.3, 0.4) is 0 Å². The Balaban J connectivity index is 1.35. The molecule has 1 aromatic carbocycles. The van der Waals surface area contributed by atoms with Gasteiger partial charge in [0.15, 0.2) is 5.58 Å². The summed E-state index contributed by atoms with van der Waals surface area (Å²) in [7, 11) is 0. The van der Waals surface area contributed by atoms with E-state index in [0.29, 0.717) is 12.5 Å². The van der Waals surface area contributed by atoms with Gasteiger partial charge in [-0.15, -0.1) is 10.2 Å². The Morgan fingerprint density at radius 3 is 3.09 bits per heavy atom. The number of fused-ring (bicyclic) bond motifs is 2. The molecule has 1 N–H and O–H groups in total. The fourth-order valence-corrected chi connectivity index (χ4v) is 3.26. The molecule has 0 spiro atoms. The summed E-state index contributed by atoms with van der Waals surface area (Å²) in [5.41, 5.74) is 1.77. The highest BCUT2D eigenvalue weighted by Crippen LogP contribution is 2.20. The van der Waals surface area contributed by atoms with Gasteiger partial charge in [0.25, 0.3) is 0 Å². The first kappa shape index (κ1) is 14.4. The van der Waals surface area contributed by atoms with Crippen LogP contribution in [0.1, 0.15) is 30.9 Å². The van der Waals surface area contributed by atoms with E-state index in [1.54, 1.807) is 0 Å². The summed E-state index contributed by atoms with van der Waals surface area (Å²) in [5, 5.41) is 12.0. The number of nitrogens with one attached hydrogen (secondary N) is 1. The van der Waals surface area contributed by atoms with Gasteiger partial charge < -0.3 is 14.3 Å². The second kappa shape index (κ2) is 6.12. The largest absolute Gasteiger partial charge is 0.439 e. The Hall–Kier alpha value is -2.21. The molecule has 1 atom stereocenters. The van der Waals surface area contributed by atoms with E-state index in [-0.39, 0.29) is 0 Å². The maximum atomic E-state index is 5.74. The van der Waals surface area contributed by atoms with Crippen molar-refractivity contribution in [3.8, 4) is 0 Å². The van der Waals surface area contributed by atoms with Crippen molar-refractivity contribution in [2.45, 2.75) is 39.3 Å². The fraction of sp³-hybridized carbons (Fsp3) is 0.471. The van der Waals surface area contributed by atoms with Gasteiger partial charge in [-0.3, -0.25) is 0 Å². The van der Waals surface area contributed by atoms with Crippen LogP contribution in [0.5, 0.6) is 0 Å². The molecule has 0 aliphatic carbocycles. The highest BCUT2D eigenvalue weighted by atomic mass is 16.3. The monoisotopic (exact) mass is 311 g/mol. The molecule has 1 aliphatic rings. The normalized spacial score (nSPS) is 17.5. The second-order valence-electron chi connectivity index (χ2n) is 6.11. The molecule has 0 fully saturated rings. The molecule has 6 nitrogen and oxygen atoms in total. The van der Waals surface area contributed by atoms with Gasteiger partial charge in [0, 0.05) is 25.9 Å². The van der Waals surface area contributed by atoms with Crippen LogP contribution in [0.25, 0.3) is 11.1 Å². The average molecular weight is 311 g/mol. The highest BCUT2D eigenvalue weighted by molar-refractivity contribution is 5.72. The number of benzene rings is 1. The summed E-state index contributed by atoms with van der Waals surface area (Å²) in [4.78, 5) is 4.50. The summed E-state index contributed by atoms with van der Waals surface area (Å²) < 4.78 is 8.03. The summed E-state index contributed by atoms with van der Waals surface area (Å²) >= 11 is 0. The maximum Gasteiger partial charge on any atom is 0.209 e. The number of hydrogen-bond acceptors (Lipinski definition) is 5. The minimum absolute atomic E-state index is 0.605. The van der Waals surface area contributed by atoms with E-state index in [1.165, 1.54) is 0 Å². The van der Waals surface area contributed by atoms with E-state index >= 15 is 0 Å². The SMILES string of the molecule is CCc1nnc2n1C[C@@H](CNCc1nc3ccccc3o1)CC2. The lowest BCUT2D eigenvalue weighted by atomic mass is 9.99. The lowest BCUT2D eigenvalue weighted by Crippen LogP contribution is -2.30. The third-order valence-electron chi connectivity index (χ3n) is 4.48. The van der Waals surface area contributed by atoms with Crippen molar-refractivity contribution < 1.29 is 4.42 Å². The number of para-hydroxylation sites is 2. The predicted molar refractivity (Wildman–Crippen MR) is 86.9 cm³/mol. The van der Waals surface area contributed by atoms with Gasteiger partial charge in [0.2, 0.25) is 5.89 Å². The number of oxazole rings is 1. The summed E-state index contributed by atoms with van der Waals surface area (Å²) in [6, 6.07) is 7.87. The Labute approximate surface area is 134 Å². The highest BCUT2D eigenvalue weighted by Gasteiger charge is 2.22. The Bertz CT molecular complexity index is 760. The average Bonchev–Trinajstić information content (AvgIpc) is 3.17. The molecule has 0 bridgehead atoms. The summed E-state index contributed by atoms with van der Waals surface area (Å²) in [5.74, 6) is 3.59. The molecule has 3 heterocycles. The first-order chi connectivity index (χ1) is 11.3. The lowest BCUT2D eigenvalue weighted by Gasteiger charge is -2.24. The van der Waals surface area contributed by atoms with Crippen LogP contribution >= 0.6 is 0 Å². The van der Waals surface area contributed by atoms with Crippen molar-refractivity contribution in [3.05, 3.63) is 41.8 Å². The van der Waals surface area contributed by atoms with Gasteiger partial charge in [-0.1, -0.05) is 19.1 Å². The molecule has 0 unspecified atom stereocenters. The van der Waals surface area contributed by atoms with Crippen molar-refractivity contribution >= 4 is 11.1 Å². The molecule has 6 heteroatoms. The molecule has 23 heavy (non-hydrogen) atoms. The topological polar surface area (TPSA) is 68.8 Å². The molecule has 0 saturated heterocycles. The van der Waals surface area contributed by atoms with Gasteiger partial charge in [0.1, 0.15) is 17.2 Å². The lowest BCUT2D eigenvalue weighted by molar-refractivity contribution is 0.336. The smallest absolute Gasteiger partial charge is 0.209 e. The van der Waals surface area contributed by atoms with Crippen LogP contribution in [-0.2, 0) is 25.9 Å². The first-order valence-electron chi connectivity index (χ1n) is 8.29. The van der Waals surface area contributed by atoms with E-state index < -0.39 is 0 Å². The van der Waals surface area contributed by atoms with Crippen LogP contribution < -0.4 is 5.32 Å². The van der Waals surface area contributed by atoms with Crippen LogP contribution in [0.15, 0.2) is 28.7 Å². The summed E-state index contributed by atoms with van der Waals surface area (Å²) in [6.45, 7) is 4.76. The first-order valence-corrected chi connectivity index (χ1v) is 8.29. The van der Waals surface area contributed by atoms with Gasteiger partial charge in [-0.25, -0.2) is 4.98 Å². The number of nitrogens with zero attached hydrogens (tertiary/aromatic N) is 4. The van der Waals surface area contributed by atoms with E-state index in [9.17, 15) is 0 Å². The standard InChI is InChI=1S/C17H21N5O/c1-2-15-20-21-16-8-7-12(11-22(15)16)9-18-10-17-19-13-5-3-4-6-14(13)23-17/h3-6,12,18H,2,7-11H2,1H3/t12-/m1/s1. The van der Waals surface area contributed by atoms with Gasteiger partial charge >= 0.3 is 0 Å². The molecule has 0 saturated carbocycles. The van der Waals surface area contributed by atoms with Crippen molar-refractivity contribution in [2.75, 3.05) is 6.54 Å². The Kier molecular flexibility index (Phi) is 3.83. The molecule has 0 amide bonds. The van der Waals surface area contributed by atoms with Gasteiger partial charge in [0.05, 0.1) is 6.54 Å². The van der Waals surface area contributed by atoms with Crippen LogP contribution in [0, 0.1) is 5.92 Å². The van der Waals surface area contributed by atoms with E-state index in [1.807, 2.05) is 24.3 Å². The maximum absolute atomic E-state index is 5.74. The van der Waals surface area contributed by atoms with Crippen molar-refractivity contribution in [1.29, 1.82) is 0 Å². The van der Waals surface area contributed by atoms with Crippen molar-refractivity contribution in [3.63, 3.8) is 0 Å². The van der Waals surface area contributed by atoms with Gasteiger partial charge in [-0.05, 0) is 24.5 Å². The van der Waals surface area contributed by atoms with Crippen LogP contribution in [-0.4, -0.2) is 26.3 Å². The molecule has 1 aliphatic heterocycles. The Morgan fingerprint density at radius 2 is 2.22 bits per heavy atom. The number of aryl methyl sites for hydroxylation is 2. The molecular formula is C17H21N5O. The third-order valence-corrected chi connectivity index (χ3v) is 4.48. The molecule has 120 valence electrons. The predicted octanol–water partition coefficient (Wildman–Crippen LogP) is 2.33. The number of rotatable bonds is 5. The van der Waals surface area contributed by atoms with Crippen LogP contribution in [0.4, 0.5) is 0 Å². The van der Waals surface area contributed by atoms with Crippen molar-refractivity contribution in [2.24, 2.45) is 5.92 Å². The quantitative estimate of drug-likeness (QED) is 0.783. The fourth-order valence-electron chi connectivity index (χ4n) is 3.26. The molecule has 0 radical (unpaired) electrons. The zero-order valence-electron chi connectivity index (χ0n) is 13.3. The zero-order valence-corrected chi connectivity index (χ0v) is 13.3. The van der Waals surface area contributed by atoms with E-state index in [2.05, 4.69) is 32.0 Å².